The molecule has 0 atom stereocenters. The second-order valence-electron chi connectivity index (χ2n) is 9.32. The first-order chi connectivity index (χ1) is 18.1. The third-order valence-corrected chi connectivity index (χ3v) is 5.80. The van der Waals surface area contributed by atoms with Gasteiger partial charge in [0.05, 0.1) is 23.3 Å². The van der Waals surface area contributed by atoms with Gasteiger partial charge in [0, 0.05) is 40.5 Å². The molecule has 2 aromatic carbocycles. The van der Waals surface area contributed by atoms with E-state index in [0.717, 1.165) is 11.8 Å². The first-order valence-corrected chi connectivity index (χ1v) is 12.0. The summed E-state index contributed by atoms with van der Waals surface area (Å²) < 4.78 is 11.5. The number of anilines is 3. The highest BCUT2D eigenvalue weighted by Gasteiger charge is 2.18. The first-order valence-electron chi connectivity index (χ1n) is 11.6. The zero-order chi connectivity index (χ0) is 27.4. The van der Waals surface area contributed by atoms with Crippen molar-refractivity contribution in [3.8, 4) is 17.2 Å². The molecular weight excluding hydrogens is 508 g/mol. The lowest BCUT2D eigenvalue weighted by Crippen LogP contribution is -2.19. The molecule has 11 heteroatoms. The molecule has 3 amide bonds. The van der Waals surface area contributed by atoms with Crippen molar-refractivity contribution in [3.63, 3.8) is 0 Å². The molecule has 4 N–H and O–H groups in total. The molecule has 10 nitrogen and oxygen atoms in total. The second kappa shape index (κ2) is 10.8. The van der Waals surface area contributed by atoms with Gasteiger partial charge in [0.25, 0.3) is 0 Å². The third-order valence-electron chi connectivity index (χ3n) is 5.50. The van der Waals surface area contributed by atoms with Gasteiger partial charge in [-0.05, 0) is 36.4 Å². The average molecular weight is 535 g/mol. The van der Waals surface area contributed by atoms with Crippen LogP contribution in [0.15, 0.2) is 61.3 Å². The molecule has 0 saturated carbocycles. The van der Waals surface area contributed by atoms with Crippen LogP contribution in [0.5, 0.6) is 17.2 Å². The number of H-pyrrole nitrogens is 1. The average Bonchev–Trinajstić information content (AvgIpc) is 3.34. The SMILES string of the molecule is C=CC(=O)Nc1cc2c(Oc3ccc(NC(=O)Nc4cc(C(C)(C)C)[nH]n4)cc3Cl)ccnc2cc1OC. The fraction of sp³-hybridized carbons (Fsp3) is 0.185. The Morgan fingerprint density at radius 3 is 2.47 bits per heavy atom. The number of pyridine rings is 1. The standard InChI is InChI=1S/C27H27ClN6O4/c1-6-25(35)31-19-12-16-18(13-22(19)37-5)29-10-9-20(16)38-21-8-7-15(11-17(21)28)30-26(36)32-24-14-23(33-34-24)27(2,3)4/h6-14H,1H2,2-5H3,(H,31,35)(H3,30,32,33,34,36). The van der Waals surface area contributed by atoms with Crippen molar-refractivity contribution in [2.24, 2.45) is 0 Å². The maximum atomic E-state index is 12.5. The van der Waals surface area contributed by atoms with Crippen LogP contribution in [0.3, 0.4) is 0 Å². The van der Waals surface area contributed by atoms with E-state index in [1.807, 2.05) is 20.8 Å². The molecule has 0 spiro atoms. The van der Waals surface area contributed by atoms with Gasteiger partial charge in [-0.1, -0.05) is 39.0 Å². The summed E-state index contributed by atoms with van der Waals surface area (Å²) >= 11 is 6.48. The molecule has 4 aromatic rings. The van der Waals surface area contributed by atoms with Crippen molar-refractivity contribution in [2.75, 3.05) is 23.1 Å². The van der Waals surface area contributed by atoms with E-state index in [2.05, 4.69) is 37.7 Å². The summed E-state index contributed by atoms with van der Waals surface area (Å²) in [6.07, 6.45) is 2.76. The molecule has 0 saturated heterocycles. The first kappa shape index (κ1) is 26.5. The number of nitrogens with zero attached hydrogens (tertiary/aromatic N) is 2. The number of urea groups is 1. The number of carbonyl (C=O) groups is 2. The van der Waals surface area contributed by atoms with E-state index in [4.69, 9.17) is 21.1 Å². The van der Waals surface area contributed by atoms with Gasteiger partial charge in [0.1, 0.15) is 17.2 Å². The molecule has 2 heterocycles. The second-order valence-corrected chi connectivity index (χ2v) is 9.72. The fourth-order valence-electron chi connectivity index (χ4n) is 3.52. The predicted octanol–water partition coefficient (Wildman–Crippen LogP) is 6.48. The molecule has 0 aliphatic rings. The van der Waals surface area contributed by atoms with Gasteiger partial charge in [0.15, 0.2) is 5.82 Å². The number of nitrogens with one attached hydrogen (secondary N) is 4. The number of aromatic amines is 1. The van der Waals surface area contributed by atoms with Gasteiger partial charge in [-0.25, -0.2) is 4.79 Å². The van der Waals surface area contributed by atoms with Gasteiger partial charge >= 0.3 is 6.03 Å². The Kier molecular flexibility index (Phi) is 7.54. The van der Waals surface area contributed by atoms with Crippen molar-refractivity contribution in [2.45, 2.75) is 26.2 Å². The molecule has 38 heavy (non-hydrogen) atoms. The number of hydrogen-bond acceptors (Lipinski definition) is 6. The number of halogens is 1. The number of fused-ring (bicyclic) bond motifs is 1. The molecule has 2 aromatic heterocycles. The van der Waals surface area contributed by atoms with Crippen molar-refractivity contribution >= 4 is 51.6 Å². The lowest BCUT2D eigenvalue weighted by molar-refractivity contribution is -0.111. The van der Waals surface area contributed by atoms with Crippen LogP contribution in [0.25, 0.3) is 10.9 Å². The highest BCUT2D eigenvalue weighted by molar-refractivity contribution is 6.32. The molecule has 196 valence electrons. The van der Waals surface area contributed by atoms with E-state index < -0.39 is 6.03 Å². The Labute approximate surface area is 224 Å². The van der Waals surface area contributed by atoms with Crippen molar-refractivity contribution < 1.29 is 19.1 Å². The predicted molar refractivity (Wildman–Crippen MR) is 149 cm³/mol. The van der Waals surface area contributed by atoms with Crippen LogP contribution in [0.2, 0.25) is 5.02 Å². The summed E-state index contributed by atoms with van der Waals surface area (Å²) in [6.45, 7) is 9.60. The number of rotatable bonds is 7. The lowest BCUT2D eigenvalue weighted by atomic mass is 9.92. The van der Waals surface area contributed by atoms with Crippen LogP contribution in [0, 0.1) is 0 Å². The zero-order valence-electron chi connectivity index (χ0n) is 21.3. The Balaban J connectivity index is 1.52. The normalized spacial score (nSPS) is 11.1. The summed E-state index contributed by atoms with van der Waals surface area (Å²) in [4.78, 5) is 28.7. The fourth-order valence-corrected chi connectivity index (χ4v) is 3.74. The lowest BCUT2D eigenvalue weighted by Gasteiger charge is -2.14. The topological polar surface area (TPSA) is 130 Å². The van der Waals surface area contributed by atoms with E-state index >= 15 is 0 Å². The summed E-state index contributed by atoms with van der Waals surface area (Å²) in [5.74, 6) is 1.28. The molecule has 0 radical (unpaired) electrons. The molecular formula is C27H27ClN6O4. The van der Waals surface area contributed by atoms with E-state index in [1.54, 1.807) is 48.7 Å². The Morgan fingerprint density at radius 2 is 1.82 bits per heavy atom. The van der Waals surface area contributed by atoms with Crippen LogP contribution in [0.1, 0.15) is 26.5 Å². The van der Waals surface area contributed by atoms with Crippen LogP contribution >= 0.6 is 11.6 Å². The number of ether oxygens (including phenoxy) is 2. The molecule has 0 aliphatic heterocycles. The molecule has 4 rings (SSSR count). The van der Waals surface area contributed by atoms with Gasteiger partial charge in [-0.3, -0.25) is 20.2 Å². The largest absolute Gasteiger partial charge is 0.494 e. The monoisotopic (exact) mass is 534 g/mol. The molecule has 0 unspecified atom stereocenters. The summed E-state index contributed by atoms with van der Waals surface area (Å²) in [6, 6.07) is 11.3. The minimum Gasteiger partial charge on any atom is -0.494 e. The minimum atomic E-state index is -0.468. The van der Waals surface area contributed by atoms with Crippen molar-refractivity contribution in [1.29, 1.82) is 0 Å². The highest BCUT2D eigenvalue weighted by atomic mass is 35.5. The smallest absolute Gasteiger partial charge is 0.324 e. The maximum Gasteiger partial charge on any atom is 0.324 e. The Hall–Kier alpha value is -4.57. The van der Waals surface area contributed by atoms with Crippen molar-refractivity contribution in [3.05, 3.63) is 72.0 Å². The number of methoxy groups -OCH3 is 1. The van der Waals surface area contributed by atoms with Crippen molar-refractivity contribution in [1.82, 2.24) is 15.2 Å². The van der Waals surface area contributed by atoms with Crippen LogP contribution in [-0.4, -0.2) is 34.2 Å². The number of amides is 3. The van der Waals surface area contributed by atoms with Gasteiger partial charge in [0.2, 0.25) is 5.91 Å². The van der Waals surface area contributed by atoms with Gasteiger partial charge in [-0.2, -0.15) is 5.10 Å². The molecule has 0 bridgehead atoms. The number of carbonyl (C=O) groups excluding carboxylic acids is 2. The van der Waals surface area contributed by atoms with E-state index in [1.165, 1.54) is 7.11 Å². The van der Waals surface area contributed by atoms with Crippen LogP contribution in [-0.2, 0) is 10.2 Å². The van der Waals surface area contributed by atoms with Crippen LogP contribution in [0.4, 0.5) is 22.0 Å². The summed E-state index contributed by atoms with van der Waals surface area (Å²) in [5, 5.41) is 16.1. The van der Waals surface area contributed by atoms with Gasteiger partial charge < -0.3 is 20.1 Å². The number of aromatic nitrogens is 3. The third kappa shape index (κ3) is 6.04. The highest BCUT2D eigenvalue weighted by Crippen LogP contribution is 2.38. The minimum absolute atomic E-state index is 0.125. The van der Waals surface area contributed by atoms with E-state index in [0.29, 0.717) is 45.3 Å². The summed E-state index contributed by atoms with van der Waals surface area (Å²) in [7, 11) is 1.50. The maximum absolute atomic E-state index is 12.5. The zero-order valence-corrected chi connectivity index (χ0v) is 22.1. The van der Waals surface area contributed by atoms with E-state index in [-0.39, 0.29) is 16.3 Å². The molecule has 0 fully saturated rings. The van der Waals surface area contributed by atoms with Crippen LogP contribution < -0.4 is 25.4 Å². The molecule has 0 aliphatic carbocycles. The Bertz CT molecular complexity index is 1530. The van der Waals surface area contributed by atoms with Gasteiger partial charge in [-0.15, -0.1) is 0 Å². The van der Waals surface area contributed by atoms with E-state index in [9.17, 15) is 9.59 Å². The quantitative estimate of drug-likeness (QED) is 0.201. The number of benzene rings is 2. The summed E-state index contributed by atoms with van der Waals surface area (Å²) in [5.41, 5.74) is 2.26. The Morgan fingerprint density at radius 1 is 1.03 bits per heavy atom. The number of hydrogen-bond donors (Lipinski definition) is 4.